The molecule has 0 unspecified atom stereocenters. The Hall–Kier alpha value is -1.18. The van der Waals surface area contributed by atoms with E-state index in [4.69, 9.17) is 33.2 Å². The quantitative estimate of drug-likeness (QED) is 0.106. The molecular weight excluding hydrogens is 592 g/mol. The highest BCUT2D eigenvalue weighted by Gasteiger charge is 2.49. The molecule has 0 aromatic rings. The van der Waals surface area contributed by atoms with Gasteiger partial charge in [0, 0.05) is 0 Å². The second-order valence-electron chi connectivity index (χ2n) is 10.7. The molecule has 250 valence electrons. The molecule has 0 amide bonds. The van der Waals surface area contributed by atoms with E-state index in [1.54, 1.807) is 0 Å². The summed E-state index contributed by atoms with van der Waals surface area (Å²) >= 11 is 0. The van der Waals surface area contributed by atoms with E-state index in [9.17, 15) is 61.3 Å². The Labute approximate surface area is 244 Å². The minimum atomic E-state index is -1.84. The lowest BCUT2D eigenvalue weighted by atomic mass is 9.98. The number of aliphatic hydroxyl groups is 12. The van der Waals surface area contributed by atoms with Crippen molar-refractivity contribution in [2.75, 3.05) is 26.4 Å². The van der Waals surface area contributed by atoms with Gasteiger partial charge in [-0.2, -0.15) is 0 Å². The second-order valence-corrected chi connectivity index (χ2v) is 10.7. The third-order valence-corrected chi connectivity index (χ3v) is 7.72. The molecule has 0 aromatic heterocycles. The highest BCUT2D eigenvalue weighted by molar-refractivity contribution is 4.97. The van der Waals surface area contributed by atoms with Gasteiger partial charge in [0.15, 0.2) is 18.9 Å². The molecule has 3 fully saturated rings. The summed E-state index contributed by atoms with van der Waals surface area (Å²) < 4.78 is 37.6. The number of ether oxygens (including phenoxy) is 7. The fourth-order valence-electron chi connectivity index (χ4n) is 4.94. The molecule has 4 rings (SSSR count). The van der Waals surface area contributed by atoms with Crippen molar-refractivity contribution in [2.24, 2.45) is 0 Å². The molecule has 19 heteroatoms. The summed E-state index contributed by atoms with van der Waals surface area (Å²) in [5.41, 5.74) is 0. The maximum Gasteiger partial charge on any atom is 0.186 e. The Balaban J connectivity index is 1.33. The van der Waals surface area contributed by atoms with E-state index < -0.39 is 137 Å². The van der Waals surface area contributed by atoms with Gasteiger partial charge in [0.25, 0.3) is 0 Å². The molecule has 0 radical (unpaired) electrons. The molecule has 4 heterocycles. The van der Waals surface area contributed by atoms with Gasteiger partial charge in [-0.1, -0.05) is 0 Å². The summed E-state index contributed by atoms with van der Waals surface area (Å²) in [4.78, 5) is 0. The molecule has 0 aliphatic carbocycles. The van der Waals surface area contributed by atoms with Crippen LogP contribution in [0.25, 0.3) is 0 Å². The van der Waals surface area contributed by atoms with E-state index in [1.807, 2.05) is 0 Å². The fraction of sp³-hybridized carbons (Fsp3) is 0.917. The third kappa shape index (κ3) is 7.62. The molecule has 0 aromatic carbocycles. The number of aliphatic hydroxyl groups excluding tert-OH is 12. The molecular formula is C24H40O19. The van der Waals surface area contributed by atoms with Crippen LogP contribution in [0.15, 0.2) is 12.3 Å². The van der Waals surface area contributed by atoms with Crippen LogP contribution >= 0.6 is 0 Å². The molecule has 18 atom stereocenters. The maximum atomic E-state index is 10.4. The Kier molecular flexibility index (Phi) is 12.1. The van der Waals surface area contributed by atoms with Crippen LogP contribution in [0.2, 0.25) is 0 Å². The van der Waals surface area contributed by atoms with Crippen molar-refractivity contribution in [1.29, 1.82) is 0 Å². The van der Waals surface area contributed by atoms with Crippen LogP contribution in [0, 0.1) is 0 Å². The third-order valence-electron chi connectivity index (χ3n) is 7.72. The summed E-state index contributed by atoms with van der Waals surface area (Å²) in [5.74, 6) is 0. The van der Waals surface area contributed by atoms with Gasteiger partial charge in [0.2, 0.25) is 0 Å². The minimum absolute atomic E-state index is 0.397. The Bertz CT molecular complexity index is 895. The molecule has 43 heavy (non-hydrogen) atoms. The van der Waals surface area contributed by atoms with Crippen LogP contribution in [-0.4, -0.2) is 198 Å². The highest BCUT2D eigenvalue weighted by atomic mass is 16.7. The van der Waals surface area contributed by atoms with E-state index in [0.29, 0.717) is 0 Å². The molecule has 19 nitrogen and oxygen atoms in total. The number of hydrogen-bond acceptors (Lipinski definition) is 19. The Morgan fingerprint density at radius 3 is 1.23 bits per heavy atom. The van der Waals surface area contributed by atoms with Crippen molar-refractivity contribution >= 4 is 0 Å². The molecule has 4 aliphatic rings. The Morgan fingerprint density at radius 2 is 0.814 bits per heavy atom. The van der Waals surface area contributed by atoms with Gasteiger partial charge >= 0.3 is 0 Å². The average molecular weight is 633 g/mol. The minimum Gasteiger partial charge on any atom is -0.493 e. The molecule has 0 bridgehead atoms. The monoisotopic (exact) mass is 632 g/mol. The van der Waals surface area contributed by atoms with E-state index >= 15 is 0 Å². The SMILES string of the molecule is OC[C@H]1O[C@@H](OC[C@H]2O[C@@H](OC[C@H]3O[C@@H](OC[C@H]4OC=C[C@@H](O)[C@@H]4O)[C@H](O)[C@@H](O)[C@H]3O)[C@H](O)[C@@H](O)[C@H]2O)[C@H](O)[C@@H](O)[C@H]1O. The van der Waals surface area contributed by atoms with E-state index in [1.165, 1.54) is 6.08 Å². The number of rotatable bonds is 10. The maximum absolute atomic E-state index is 10.4. The first-order valence-corrected chi connectivity index (χ1v) is 13.6. The van der Waals surface area contributed by atoms with Gasteiger partial charge < -0.3 is 94.4 Å². The lowest BCUT2D eigenvalue weighted by molar-refractivity contribution is -0.343. The fourth-order valence-corrected chi connectivity index (χ4v) is 4.94. The lowest BCUT2D eigenvalue weighted by Gasteiger charge is -2.44. The molecule has 4 aliphatic heterocycles. The van der Waals surface area contributed by atoms with Crippen molar-refractivity contribution in [3.63, 3.8) is 0 Å². The highest BCUT2D eigenvalue weighted by Crippen LogP contribution is 2.28. The molecule has 0 saturated carbocycles. The summed E-state index contributed by atoms with van der Waals surface area (Å²) in [6, 6.07) is 0. The van der Waals surface area contributed by atoms with Crippen LogP contribution in [0.4, 0.5) is 0 Å². The van der Waals surface area contributed by atoms with Crippen molar-refractivity contribution in [1.82, 2.24) is 0 Å². The standard InChI is InChI=1S/C24H40O19/c25-3-8-13(28)16(31)19(34)22(41-8)39-5-10-14(29)18(33)21(36)24(43-10)40-6-11-15(30)17(32)20(35)23(42-11)38-4-9-12(27)7(26)1-2-37-9/h1-2,7-36H,3-6H2/t7-,8-,9-,10-,11-,12+,13+,14+,15+,16+,17+,18+,19-,20-,21-,22-,23-,24-/m1/s1. The van der Waals surface area contributed by atoms with Gasteiger partial charge in [0.05, 0.1) is 32.7 Å². The van der Waals surface area contributed by atoms with Crippen molar-refractivity contribution < 1.29 is 94.4 Å². The van der Waals surface area contributed by atoms with E-state index in [0.717, 1.165) is 6.26 Å². The van der Waals surface area contributed by atoms with Gasteiger partial charge in [-0.3, -0.25) is 0 Å². The lowest BCUT2D eigenvalue weighted by Crippen LogP contribution is -2.62. The topological polar surface area (TPSA) is 307 Å². The van der Waals surface area contributed by atoms with Crippen molar-refractivity contribution in [3.05, 3.63) is 12.3 Å². The summed E-state index contributed by atoms with van der Waals surface area (Å²) in [6.45, 7) is -2.32. The first-order chi connectivity index (χ1) is 20.3. The van der Waals surface area contributed by atoms with Crippen LogP contribution in [0.5, 0.6) is 0 Å². The first kappa shape index (κ1) is 34.7. The number of hydrogen-bond donors (Lipinski definition) is 12. The largest absolute Gasteiger partial charge is 0.493 e. The molecule has 12 N–H and O–H groups in total. The second kappa shape index (κ2) is 14.9. The van der Waals surface area contributed by atoms with Crippen LogP contribution < -0.4 is 0 Å². The van der Waals surface area contributed by atoms with Gasteiger partial charge in [-0.05, 0) is 6.08 Å². The first-order valence-electron chi connectivity index (χ1n) is 13.6. The van der Waals surface area contributed by atoms with Crippen LogP contribution in [0.3, 0.4) is 0 Å². The van der Waals surface area contributed by atoms with Gasteiger partial charge in [-0.15, -0.1) is 0 Å². The summed E-state index contributed by atoms with van der Waals surface area (Å²) in [6.07, 6.45) is -25.9. The van der Waals surface area contributed by atoms with Crippen molar-refractivity contribution in [2.45, 2.75) is 110 Å². The normalized spacial score (nSPS) is 50.8. The van der Waals surface area contributed by atoms with Gasteiger partial charge in [0.1, 0.15) is 91.6 Å². The summed E-state index contributed by atoms with van der Waals surface area (Å²) in [7, 11) is 0. The van der Waals surface area contributed by atoms with E-state index in [-0.39, 0.29) is 0 Å². The zero-order chi connectivity index (χ0) is 31.6. The average Bonchev–Trinajstić information content (AvgIpc) is 2.99. The molecule has 0 spiro atoms. The predicted molar refractivity (Wildman–Crippen MR) is 131 cm³/mol. The van der Waals surface area contributed by atoms with Gasteiger partial charge in [-0.25, -0.2) is 0 Å². The van der Waals surface area contributed by atoms with Crippen LogP contribution in [0.1, 0.15) is 0 Å². The van der Waals surface area contributed by atoms with Crippen LogP contribution in [-0.2, 0) is 33.2 Å². The van der Waals surface area contributed by atoms with Crippen molar-refractivity contribution in [3.8, 4) is 0 Å². The smallest absolute Gasteiger partial charge is 0.186 e. The zero-order valence-corrected chi connectivity index (χ0v) is 22.6. The predicted octanol–water partition coefficient (Wildman–Crippen LogP) is -7.91. The molecule has 3 saturated heterocycles. The van der Waals surface area contributed by atoms with E-state index in [2.05, 4.69) is 0 Å². The Morgan fingerprint density at radius 1 is 0.442 bits per heavy atom. The summed E-state index contributed by atoms with van der Waals surface area (Å²) in [5, 5.41) is 121. The zero-order valence-electron chi connectivity index (χ0n) is 22.6.